The molecule has 0 unspecified atom stereocenters. The van der Waals surface area contributed by atoms with E-state index < -0.39 is 0 Å². The highest BCUT2D eigenvalue weighted by molar-refractivity contribution is 9.10. The largest absolute Gasteiger partial charge is 0.385 e. The molecule has 1 aromatic carbocycles. The molecule has 1 aliphatic carbocycles. The first-order chi connectivity index (χ1) is 13.1. The predicted octanol–water partition coefficient (Wildman–Crippen LogP) is 3.54. The highest BCUT2D eigenvalue weighted by Gasteiger charge is 2.33. The summed E-state index contributed by atoms with van der Waals surface area (Å²) >= 11 is 3.38. The van der Waals surface area contributed by atoms with Crippen LogP contribution in [0.5, 0.6) is 0 Å². The molecule has 1 saturated carbocycles. The Hall–Kier alpha value is -1.60. The summed E-state index contributed by atoms with van der Waals surface area (Å²) in [5.41, 5.74) is 1.10. The molecule has 1 aliphatic rings. The van der Waals surface area contributed by atoms with Crippen molar-refractivity contribution in [3.8, 4) is 0 Å². The number of nitrogens with one attached hydrogen (secondary N) is 3. The van der Waals surface area contributed by atoms with Crippen molar-refractivity contribution >= 4 is 33.5 Å². The Morgan fingerprint density at radius 1 is 1.22 bits per heavy atom. The molecule has 0 saturated heterocycles. The van der Waals surface area contributed by atoms with Gasteiger partial charge in [0, 0.05) is 50.4 Å². The van der Waals surface area contributed by atoms with Crippen LogP contribution in [0.4, 0.5) is 5.69 Å². The van der Waals surface area contributed by atoms with Gasteiger partial charge >= 0.3 is 0 Å². The van der Waals surface area contributed by atoms with Gasteiger partial charge in [-0.25, -0.2) is 0 Å². The van der Waals surface area contributed by atoms with Gasteiger partial charge in [0.1, 0.15) is 0 Å². The lowest BCUT2D eigenvalue weighted by Crippen LogP contribution is -2.44. The smallest absolute Gasteiger partial charge is 0.226 e. The molecule has 7 heteroatoms. The van der Waals surface area contributed by atoms with E-state index in [-0.39, 0.29) is 5.91 Å². The van der Waals surface area contributed by atoms with Crippen molar-refractivity contribution in [1.82, 2.24) is 10.6 Å². The number of ether oxygens (including phenoxy) is 1. The zero-order valence-corrected chi connectivity index (χ0v) is 17.9. The lowest BCUT2D eigenvalue weighted by Gasteiger charge is -2.29. The fourth-order valence-electron chi connectivity index (χ4n) is 3.50. The number of benzene rings is 1. The van der Waals surface area contributed by atoms with Crippen molar-refractivity contribution in [3.05, 3.63) is 28.7 Å². The highest BCUT2D eigenvalue weighted by atomic mass is 79.9. The van der Waals surface area contributed by atoms with Crippen molar-refractivity contribution < 1.29 is 9.53 Å². The van der Waals surface area contributed by atoms with E-state index in [0.717, 1.165) is 35.7 Å². The summed E-state index contributed by atoms with van der Waals surface area (Å²) in [6.45, 7) is 2.22. The maximum absolute atomic E-state index is 12.1. The van der Waals surface area contributed by atoms with Gasteiger partial charge in [0.2, 0.25) is 5.91 Å². The molecule has 0 heterocycles. The molecule has 3 N–H and O–H groups in total. The molecule has 0 spiro atoms. The minimum atomic E-state index is -0.0207. The van der Waals surface area contributed by atoms with Crippen molar-refractivity contribution in [1.29, 1.82) is 0 Å². The Kier molecular flexibility index (Phi) is 9.07. The van der Waals surface area contributed by atoms with E-state index >= 15 is 0 Å². The number of carbonyl (C=O) groups is 1. The van der Waals surface area contributed by atoms with E-state index in [1.165, 1.54) is 25.7 Å². The molecule has 6 nitrogen and oxygen atoms in total. The molecule has 0 bridgehead atoms. The SMILES string of the molecule is CN=C(NCCC(=O)Nc1ccc(Br)cc1)NCC1(CCOC)CCCC1. The third-order valence-electron chi connectivity index (χ3n) is 5.13. The molecule has 0 radical (unpaired) electrons. The molecule has 1 aromatic rings. The summed E-state index contributed by atoms with van der Waals surface area (Å²) in [4.78, 5) is 16.3. The molecule has 0 aliphatic heterocycles. The van der Waals surface area contributed by atoms with Gasteiger partial charge in [-0.2, -0.15) is 0 Å². The van der Waals surface area contributed by atoms with Crippen LogP contribution in [0.15, 0.2) is 33.7 Å². The minimum absolute atomic E-state index is 0.0207. The van der Waals surface area contributed by atoms with Crippen LogP contribution in [-0.2, 0) is 9.53 Å². The van der Waals surface area contributed by atoms with Gasteiger partial charge in [-0.15, -0.1) is 0 Å². The van der Waals surface area contributed by atoms with Crippen molar-refractivity contribution in [2.75, 3.05) is 39.2 Å². The van der Waals surface area contributed by atoms with Crippen molar-refractivity contribution in [3.63, 3.8) is 0 Å². The zero-order valence-electron chi connectivity index (χ0n) is 16.3. The topological polar surface area (TPSA) is 74.8 Å². The Morgan fingerprint density at radius 3 is 2.56 bits per heavy atom. The number of nitrogens with zero attached hydrogens (tertiary/aromatic N) is 1. The first kappa shape index (κ1) is 21.7. The molecule has 150 valence electrons. The number of hydrogen-bond donors (Lipinski definition) is 3. The highest BCUT2D eigenvalue weighted by Crippen LogP contribution is 2.40. The second kappa shape index (κ2) is 11.3. The summed E-state index contributed by atoms with van der Waals surface area (Å²) in [5.74, 6) is 0.725. The number of aliphatic imine (C=N–C) groups is 1. The standard InChI is InChI=1S/C20H31BrN4O2/c1-22-19(24-15-20(12-14-27-2)10-3-4-11-20)23-13-9-18(26)25-17-7-5-16(21)6-8-17/h5-8H,3-4,9-15H2,1-2H3,(H,25,26)(H2,22,23,24). The van der Waals surface area contributed by atoms with Gasteiger partial charge in [-0.1, -0.05) is 28.8 Å². The molecule has 1 amide bonds. The van der Waals surface area contributed by atoms with Gasteiger partial charge in [0.05, 0.1) is 0 Å². The molecule has 0 aromatic heterocycles. The van der Waals surface area contributed by atoms with Crippen LogP contribution in [0.3, 0.4) is 0 Å². The van der Waals surface area contributed by atoms with Gasteiger partial charge in [-0.05, 0) is 48.9 Å². The van der Waals surface area contributed by atoms with Gasteiger partial charge in [0.15, 0.2) is 5.96 Å². The van der Waals surface area contributed by atoms with Gasteiger partial charge in [0.25, 0.3) is 0 Å². The number of hydrogen-bond acceptors (Lipinski definition) is 3. The quantitative estimate of drug-likeness (QED) is 0.407. The van der Waals surface area contributed by atoms with Gasteiger partial charge in [-0.3, -0.25) is 9.79 Å². The fourth-order valence-corrected chi connectivity index (χ4v) is 3.77. The molecule has 27 heavy (non-hydrogen) atoms. The van der Waals surface area contributed by atoms with E-state index in [2.05, 4.69) is 36.9 Å². The number of anilines is 1. The van der Waals surface area contributed by atoms with Crippen LogP contribution < -0.4 is 16.0 Å². The fraction of sp³-hybridized carbons (Fsp3) is 0.600. The summed E-state index contributed by atoms with van der Waals surface area (Å²) < 4.78 is 6.28. The monoisotopic (exact) mass is 438 g/mol. The third-order valence-corrected chi connectivity index (χ3v) is 5.66. The summed E-state index contributed by atoms with van der Waals surface area (Å²) in [6.07, 6.45) is 6.49. The molecular weight excluding hydrogens is 408 g/mol. The molecule has 0 atom stereocenters. The number of methoxy groups -OCH3 is 1. The number of halogens is 1. The second-order valence-corrected chi connectivity index (χ2v) is 8.02. The Balaban J connectivity index is 1.71. The summed E-state index contributed by atoms with van der Waals surface area (Å²) in [7, 11) is 3.52. The number of rotatable bonds is 9. The Labute approximate surface area is 170 Å². The lowest BCUT2D eigenvalue weighted by molar-refractivity contribution is -0.116. The van der Waals surface area contributed by atoms with E-state index in [9.17, 15) is 4.79 Å². The molecule has 2 rings (SSSR count). The lowest BCUT2D eigenvalue weighted by atomic mass is 9.83. The van der Waals surface area contributed by atoms with E-state index in [1.54, 1.807) is 14.2 Å². The van der Waals surface area contributed by atoms with Crippen LogP contribution >= 0.6 is 15.9 Å². The zero-order chi connectivity index (χ0) is 19.5. The number of amides is 1. The van der Waals surface area contributed by atoms with Crippen LogP contribution in [0.25, 0.3) is 0 Å². The van der Waals surface area contributed by atoms with E-state index in [0.29, 0.717) is 18.4 Å². The maximum atomic E-state index is 12.1. The first-order valence-corrected chi connectivity index (χ1v) is 10.4. The third kappa shape index (κ3) is 7.50. The predicted molar refractivity (Wildman–Crippen MR) is 114 cm³/mol. The first-order valence-electron chi connectivity index (χ1n) is 9.56. The summed E-state index contributed by atoms with van der Waals surface area (Å²) in [5, 5.41) is 9.56. The summed E-state index contributed by atoms with van der Waals surface area (Å²) in [6, 6.07) is 7.55. The number of carbonyl (C=O) groups excluding carboxylic acids is 1. The normalized spacial score (nSPS) is 16.2. The van der Waals surface area contributed by atoms with Crippen LogP contribution in [0.1, 0.15) is 38.5 Å². The van der Waals surface area contributed by atoms with E-state index in [4.69, 9.17) is 4.74 Å². The van der Waals surface area contributed by atoms with Crippen molar-refractivity contribution in [2.45, 2.75) is 38.5 Å². The Bertz CT molecular complexity index is 613. The average Bonchev–Trinajstić information content (AvgIpc) is 3.14. The minimum Gasteiger partial charge on any atom is -0.385 e. The average molecular weight is 439 g/mol. The molecule has 1 fully saturated rings. The van der Waals surface area contributed by atoms with Crippen LogP contribution in [0, 0.1) is 5.41 Å². The number of guanidine groups is 1. The van der Waals surface area contributed by atoms with E-state index in [1.807, 2.05) is 24.3 Å². The maximum Gasteiger partial charge on any atom is 0.226 e. The van der Waals surface area contributed by atoms with Crippen LogP contribution in [-0.4, -0.2) is 45.7 Å². The Morgan fingerprint density at radius 2 is 1.93 bits per heavy atom. The molecular formula is C20H31BrN4O2. The second-order valence-electron chi connectivity index (χ2n) is 7.11. The van der Waals surface area contributed by atoms with Crippen LogP contribution in [0.2, 0.25) is 0 Å². The van der Waals surface area contributed by atoms with Crippen molar-refractivity contribution in [2.24, 2.45) is 10.4 Å². The van der Waals surface area contributed by atoms with Gasteiger partial charge < -0.3 is 20.7 Å².